The molecule has 1 fully saturated rings. The highest BCUT2D eigenvalue weighted by Crippen LogP contribution is 2.33. The van der Waals surface area contributed by atoms with Gasteiger partial charge in [-0.15, -0.1) is 0 Å². The van der Waals surface area contributed by atoms with Gasteiger partial charge < -0.3 is 13.7 Å². The Balaban J connectivity index is 1.43. The number of carbonyl (C=O) groups is 2. The zero-order valence-electron chi connectivity index (χ0n) is 22.0. The van der Waals surface area contributed by atoms with E-state index in [-0.39, 0.29) is 34.6 Å². The lowest BCUT2D eigenvalue weighted by Gasteiger charge is -2.17. The van der Waals surface area contributed by atoms with Crippen molar-refractivity contribution < 1.29 is 31.7 Å². The Morgan fingerprint density at radius 1 is 0.974 bits per heavy atom. The van der Waals surface area contributed by atoms with E-state index in [0.717, 1.165) is 33.5 Å². The van der Waals surface area contributed by atoms with Crippen LogP contribution in [0.5, 0.6) is 17.2 Å². The summed E-state index contributed by atoms with van der Waals surface area (Å²) in [6.45, 7) is 6.41. The van der Waals surface area contributed by atoms with Crippen molar-refractivity contribution in [1.82, 2.24) is 4.90 Å². The molecule has 0 saturated carbocycles. The molecule has 0 aromatic heterocycles. The molecule has 0 atom stereocenters. The van der Waals surface area contributed by atoms with E-state index < -0.39 is 21.3 Å². The Kier molecular flexibility index (Phi) is 8.66. The van der Waals surface area contributed by atoms with Crippen molar-refractivity contribution in [3.63, 3.8) is 0 Å². The van der Waals surface area contributed by atoms with Crippen molar-refractivity contribution in [2.24, 2.45) is 0 Å². The molecule has 0 spiro atoms. The third-order valence-corrected chi connectivity index (χ3v) is 8.12. The first kappa shape index (κ1) is 28.3. The molecule has 0 bridgehead atoms. The van der Waals surface area contributed by atoms with Gasteiger partial charge in [0.25, 0.3) is 11.1 Å². The molecule has 3 aromatic carbocycles. The third kappa shape index (κ3) is 6.82. The Labute approximate surface area is 232 Å². The van der Waals surface area contributed by atoms with E-state index in [1.807, 2.05) is 25.1 Å². The largest absolute Gasteiger partial charge is 0.497 e. The number of ether oxygens (including phenoxy) is 2. The molecule has 8 nitrogen and oxygen atoms in total. The van der Waals surface area contributed by atoms with Gasteiger partial charge in [-0.3, -0.25) is 14.5 Å². The van der Waals surface area contributed by atoms with Crippen molar-refractivity contribution in [1.29, 1.82) is 0 Å². The minimum Gasteiger partial charge on any atom is -0.497 e. The van der Waals surface area contributed by atoms with E-state index in [9.17, 15) is 18.0 Å². The summed E-state index contributed by atoms with van der Waals surface area (Å²) in [5.41, 5.74) is 2.64. The smallest absolute Gasteiger partial charge is 0.339 e. The minimum atomic E-state index is -4.08. The maximum atomic E-state index is 13.0. The van der Waals surface area contributed by atoms with Crippen LogP contribution in [0.15, 0.2) is 76.5 Å². The lowest BCUT2D eigenvalue weighted by atomic mass is 10.0. The molecule has 0 aliphatic carbocycles. The zero-order valence-corrected chi connectivity index (χ0v) is 23.7. The fourth-order valence-corrected chi connectivity index (χ4v) is 5.70. The van der Waals surface area contributed by atoms with Gasteiger partial charge in [0.15, 0.2) is 0 Å². The topological polar surface area (TPSA) is 99.2 Å². The van der Waals surface area contributed by atoms with Crippen LogP contribution >= 0.6 is 11.8 Å². The number of benzene rings is 3. The first-order valence-electron chi connectivity index (χ1n) is 12.2. The number of aryl methyl sites for hydroxylation is 1. The number of hydrogen-bond acceptors (Lipinski definition) is 8. The summed E-state index contributed by atoms with van der Waals surface area (Å²) in [4.78, 5) is 26.9. The molecule has 3 aromatic rings. The van der Waals surface area contributed by atoms with Gasteiger partial charge in [0, 0.05) is 0 Å². The quantitative estimate of drug-likeness (QED) is 0.217. The molecule has 4 rings (SSSR count). The van der Waals surface area contributed by atoms with Gasteiger partial charge in [-0.2, -0.15) is 8.42 Å². The fraction of sp³-hybridized carbons (Fsp3) is 0.241. The number of methoxy groups -OCH3 is 1. The highest BCUT2D eigenvalue weighted by Gasteiger charge is 2.35. The number of thioether (sulfide) groups is 1. The zero-order chi connectivity index (χ0) is 28.2. The molecular formula is C29H29NO7S2. The summed E-state index contributed by atoms with van der Waals surface area (Å²) in [5.74, 6) is 1.18. The summed E-state index contributed by atoms with van der Waals surface area (Å²) >= 11 is 0.825. The van der Waals surface area contributed by atoms with Gasteiger partial charge >= 0.3 is 10.1 Å². The van der Waals surface area contributed by atoms with Crippen LogP contribution in [0.4, 0.5) is 4.79 Å². The minimum absolute atomic E-state index is 0.0248. The molecule has 0 N–H and O–H groups in total. The van der Waals surface area contributed by atoms with Crippen molar-refractivity contribution in [2.45, 2.75) is 31.6 Å². The SMILES string of the molecule is COc1ccc(S(=O)(=O)Oc2cccc(/C=C3\SC(=O)N(CCOc4cc(C)ccc4C(C)C)C3=O)c2)cc1. The van der Waals surface area contributed by atoms with Gasteiger partial charge in [-0.25, -0.2) is 0 Å². The second kappa shape index (κ2) is 12.0. The Morgan fingerprint density at radius 2 is 1.72 bits per heavy atom. The van der Waals surface area contributed by atoms with Crippen LogP contribution in [-0.4, -0.2) is 44.7 Å². The average molecular weight is 568 g/mol. The van der Waals surface area contributed by atoms with Crippen LogP contribution in [0.25, 0.3) is 6.08 Å². The van der Waals surface area contributed by atoms with Crippen LogP contribution in [0.1, 0.15) is 36.5 Å². The number of rotatable bonds is 10. The summed E-state index contributed by atoms with van der Waals surface area (Å²) < 4.78 is 41.6. The standard InChI is InChI=1S/C29H29NO7S2/c1-19(2)25-13-8-20(3)16-26(25)36-15-14-30-28(31)27(38-29(30)32)18-21-6-5-7-23(17-21)37-39(33,34)24-11-9-22(35-4)10-12-24/h5-13,16-19H,14-15H2,1-4H3/b27-18-. The highest BCUT2D eigenvalue weighted by molar-refractivity contribution is 8.18. The van der Waals surface area contributed by atoms with Gasteiger partial charge in [-0.05, 0) is 89.8 Å². The predicted molar refractivity (Wildman–Crippen MR) is 151 cm³/mol. The number of hydrogen-bond donors (Lipinski definition) is 0. The van der Waals surface area contributed by atoms with Crippen molar-refractivity contribution in [2.75, 3.05) is 20.3 Å². The molecule has 1 aliphatic rings. The van der Waals surface area contributed by atoms with Crippen LogP contribution in [0, 0.1) is 6.92 Å². The van der Waals surface area contributed by atoms with Crippen molar-refractivity contribution in [3.8, 4) is 17.2 Å². The van der Waals surface area contributed by atoms with E-state index in [2.05, 4.69) is 13.8 Å². The highest BCUT2D eigenvalue weighted by atomic mass is 32.2. The molecule has 204 valence electrons. The van der Waals surface area contributed by atoms with E-state index >= 15 is 0 Å². The third-order valence-electron chi connectivity index (χ3n) is 5.95. The van der Waals surface area contributed by atoms with E-state index in [4.69, 9.17) is 13.7 Å². The molecule has 2 amide bonds. The lowest BCUT2D eigenvalue weighted by Crippen LogP contribution is -2.32. The maximum Gasteiger partial charge on any atom is 0.339 e. The van der Waals surface area contributed by atoms with E-state index in [1.54, 1.807) is 12.1 Å². The molecule has 10 heteroatoms. The van der Waals surface area contributed by atoms with Crippen LogP contribution in [0.2, 0.25) is 0 Å². The molecule has 1 saturated heterocycles. The fourth-order valence-electron chi connectivity index (χ4n) is 3.91. The normalized spacial score (nSPS) is 14.8. The number of carbonyl (C=O) groups excluding carboxylic acids is 2. The second-order valence-electron chi connectivity index (χ2n) is 9.16. The van der Waals surface area contributed by atoms with E-state index in [0.29, 0.717) is 11.3 Å². The van der Waals surface area contributed by atoms with Gasteiger partial charge in [0.05, 0.1) is 18.6 Å². The number of amides is 2. The van der Waals surface area contributed by atoms with Crippen molar-refractivity contribution >= 4 is 39.1 Å². The van der Waals surface area contributed by atoms with Crippen molar-refractivity contribution in [3.05, 3.63) is 88.3 Å². The summed E-state index contributed by atoms with van der Waals surface area (Å²) in [6.07, 6.45) is 1.54. The lowest BCUT2D eigenvalue weighted by molar-refractivity contribution is -0.123. The summed E-state index contributed by atoms with van der Waals surface area (Å²) in [5, 5.41) is -0.391. The average Bonchev–Trinajstić information content (AvgIpc) is 3.15. The number of imide groups is 1. The first-order chi connectivity index (χ1) is 18.6. The molecule has 1 aliphatic heterocycles. The van der Waals surface area contributed by atoms with Gasteiger partial charge in [0.1, 0.15) is 28.8 Å². The Bertz CT molecular complexity index is 1510. The summed E-state index contributed by atoms with van der Waals surface area (Å²) in [7, 11) is -2.59. The Hall–Kier alpha value is -3.76. The second-order valence-corrected chi connectivity index (χ2v) is 11.7. The van der Waals surface area contributed by atoms with Crippen LogP contribution < -0.4 is 13.7 Å². The molecule has 39 heavy (non-hydrogen) atoms. The predicted octanol–water partition coefficient (Wildman–Crippen LogP) is 6.01. The maximum absolute atomic E-state index is 13.0. The van der Waals surface area contributed by atoms with Gasteiger partial charge in [0.2, 0.25) is 0 Å². The van der Waals surface area contributed by atoms with Crippen LogP contribution in [-0.2, 0) is 14.9 Å². The molecule has 0 unspecified atom stereocenters. The monoisotopic (exact) mass is 567 g/mol. The molecule has 0 radical (unpaired) electrons. The van der Waals surface area contributed by atoms with Gasteiger partial charge in [-0.1, -0.05) is 38.1 Å². The number of nitrogens with zero attached hydrogens (tertiary/aromatic N) is 1. The van der Waals surface area contributed by atoms with E-state index in [1.165, 1.54) is 49.6 Å². The molecular weight excluding hydrogens is 538 g/mol. The molecule has 1 heterocycles. The summed E-state index contributed by atoms with van der Waals surface area (Å²) in [6, 6.07) is 18.1. The Morgan fingerprint density at radius 3 is 2.41 bits per heavy atom. The first-order valence-corrected chi connectivity index (χ1v) is 14.5. The van der Waals surface area contributed by atoms with Crippen LogP contribution in [0.3, 0.4) is 0 Å².